The monoisotopic (exact) mass is 466 g/mol. The molecule has 0 spiro atoms. The summed E-state index contributed by atoms with van der Waals surface area (Å²) in [4.78, 5) is 43.9. The second kappa shape index (κ2) is 9.92. The van der Waals surface area contributed by atoms with Gasteiger partial charge in [-0.05, 0) is 37.5 Å². The van der Waals surface area contributed by atoms with Crippen molar-refractivity contribution < 1.29 is 14.4 Å². The SMILES string of the molecule is CCCN(CCC)C(=O)CN1CC2=C(C1=O)[C@H](c1ccc(Cl)cc1Cl)NC(=O)N2CC. The van der Waals surface area contributed by atoms with E-state index in [9.17, 15) is 14.4 Å². The Morgan fingerprint density at radius 3 is 2.42 bits per heavy atom. The highest BCUT2D eigenvalue weighted by Gasteiger charge is 2.44. The lowest BCUT2D eigenvalue weighted by atomic mass is 9.95. The minimum absolute atomic E-state index is 0.0152. The summed E-state index contributed by atoms with van der Waals surface area (Å²) in [6, 6.07) is 4.00. The van der Waals surface area contributed by atoms with Crippen LogP contribution in [-0.4, -0.2) is 65.3 Å². The van der Waals surface area contributed by atoms with Crippen molar-refractivity contribution in [3.63, 3.8) is 0 Å². The highest BCUT2D eigenvalue weighted by molar-refractivity contribution is 6.35. The van der Waals surface area contributed by atoms with E-state index in [4.69, 9.17) is 23.2 Å². The number of carbonyl (C=O) groups excluding carboxylic acids is 3. The molecule has 168 valence electrons. The summed E-state index contributed by atoms with van der Waals surface area (Å²) in [7, 11) is 0. The molecule has 9 heteroatoms. The number of nitrogens with zero attached hydrogens (tertiary/aromatic N) is 3. The van der Waals surface area contributed by atoms with E-state index in [-0.39, 0.29) is 30.9 Å². The average Bonchev–Trinajstić information content (AvgIpc) is 3.03. The smallest absolute Gasteiger partial charge is 0.322 e. The van der Waals surface area contributed by atoms with Crippen LogP contribution >= 0.6 is 23.2 Å². The molecule has 7 nitrogen and oxygen atoms in total. The predicted octanol–water partition coefficient (Wildman–Crippen LogP) is 3.82. The lowest BCUT2D eigenvalue weighted by Gasteiger charge is -2.33. The maximum absolute atomic E-state index is 13.4. The molecule has 0 aromatic heterocycles. The van der Waals surface area contributed by atoms with Gasteiger partial charge in [-0.3, -0.25) is 14.5 Å². The zero-order chi connectivity index (χ0) is 22.7. The maximum atomic E-state index is 13.4. The van der Waals surface area contributed by atoms with Crippen LogP contribution in [0, 0.1) is 0 Å². The van der Waals surface area contributed by atoms with Gasteiger partial charge in [0.2, 0.25) is 5.91 Å². The van der Waals surface area contributed by atoms with E-state index in [0.29, 0.717) is 46.5 Å². The lowest BCUT2D eigenvalue weighted by Crippen LogP contribution is -2.47. The molecule has 31 heavy (non-hydrogen) atoms. The van der Waals surface area contributed by atoms with E-state index in [1.54, 1.807) is 28.0 Å². The van der Waals surface area contributed by atoms with Gasteiger partial charge in [0.1, 0.15) is 6.54 Å². The van der Waals surface area contributed by atoms with E-state index in [1.807, 2.05) is 20.8 Å². The normalized spacial score (nSPS) is 18.4. The van der Waals surface area contributed by atoms with Gasteiger partial charge < -0.3 is 15.1 Å². The van der Waals surface area contributed by atoms with E-state index >= 15 is 0 Å². The fourth-order valence-electron chi connectivity index (χ4n) is 4.14. The van der Waals surface area contributed by atoms with Gasteiger partial charge in [-0.2, -0.15) is 0 Å². The van der Waals surface area contributed by atoms with Crippen molar-refractivity contribution in [1.82, 2.24) is 20.0 Å². The predicted molar refractivity (Wildman–Crippen MR) is 121 cm³/mol. The number of urea groups is 1. The van der Waals surface area contributed by atoms with Gasteiger partial charge in [0.05, 0.1) is 23.9 Å². The Hall–Kier alpha value is -2.25. The van der Waals surface area contributed by atoms with Crippen molar-refractivity contribution >= 4 is 41.0 Å². The van der Waals surface area contributed by atoms with Gasteiger partial charge in [0, 0.05) is 29.7 Å². The molecule has 1 atom stereocenters. The van der Waals surface area contributed by atoms with Crippen LogP contribution in [0.1, 0.15) is 45.2 Å². The van der Waals surface area contributed by atoms with Crippen LogP contribution in [0.5, 0.6) is 0 Å². The van der Waals surface area contributed by atoms with Gasteiger partial charge in [0.15, 0.2) is 0 Å². The zero-order valence-electron chi connectivity index (χ0n) is 18.1. The first-order valence-corrected chi connectivity index (χ1v) is 11.4. The Labute approximate surface area is 192 Å². The quantitative estimate of drug-likeness (QED) is 0.632. The molecular formula is C22H28Cl2N4O3. The molecule has 0 aliphatic carbocycles. The molecule has 0 saturated heterocycles. The average molecular weight is 467 g/mol. The largest absolute Gasteiger partial charge is 0.341 e. The summed E-state index contributed by atoms with van der Waals surface area (Å²) in [5.74, 6) is -0.342. The Morgan fingerprint density at radius 1 is 1.16 bits per heavy atom. The topological polar surface area (TPSA) is 73.0 Å². The number of rotatable bonds is 8. The number of nitrogens with one attached hydrogen (secondary N) is 1. The van der Waals surface area contributed by atoms with Crippen molar-refractivity contribution in [2.75, 3.05) is 32.7 Å². The van der Waals surface area contributed by atoms with Crippen LogP contribution < -0.4 is 5.32 Å². The van der Waals surface area contributed by atoms with Gasteiger partial charge >= 0.3 is 6.03 Å². The number of halogens is 2. The molecule has 1 aromatic rings. The van der Waals surface area contributed by atoms with E-state index in [2.05, 4.69) is 5.32 Å². The van der Waals surface area contributed by atoms with Crippen LogP contribution in [0.4, 0.5) is 4.79 Å². The lowest BCUT2D eigenvalue weighted by molar-refractivity contribution is -0.137. The standard InChI is InChI=1S/C22H28Cl2N4O3/c1-4-9-26(10-5-2)18(29)13-27-12-17-19(21(27)30)20(25-22(31)28(17)6-3)15-8-7-14(23)11-16(15)24/h7-8,11,20H,4-6,9-10,12-13H2,1-3H3,(H,25,31)/t20-/m0/s1. The molecule has 4 amide bonds. The zero-order valence-corrected chi connectivity index (χ0v) is 19.6. The number of hydrogen-bond acceptors (Lipinski definition) is 3. The highest BCUT2D eigenvalue weighted by Crippen LogP contribution is 2.39. The summed E-state index contributed by atoms with van der Waals surface area (Å²) in [6.45, 7) is 7.83. The van der Waals surface area contributed by atoms with Gasteiger partial charge in [0.25, 0.3) is 5.91 Å². The fourth-order valence-corrected chi connectivity index (χ4v) is 4.66. The maximum Gasteiger partial charge on any atom is 0.322 e. The summed E-state index contributed by atoms with van der Waals surface area (Å²) in [5.41, 5.74) is 1.68. The first kappa shape index (κ1) is 23.4. The Balaban J connectivity index is 1.91. The second-order valence-corrected chi connectivity index (χ2v) is 8.54. The van der Waals surface area contributed by atoms with Crippen molar-refractivity contribution in [3.8, 4) is 0 Å². The van der Waals surface area contributed by atoms with Gasteiger partial charge in [-0.1, -0.05) is 43.1 Å². The van der Waals surface area contributed by atoms with Crippen molar-refractivity contribution in [1.29, 1.82) is 0 Å². The molecule has 1 aromatic carbocycles. The van der Waals surface area contributed by atoms with E-state index in [0.717, 1.165) is 12.8 Å². The molecule has 2 aliphatic heterocycles. The molecular weight excluding hydrogens is 439 g/mol. The first-order chi connectivity index (χ1) is 14.8. The van der Waals surface area contributed by atoms with E-state index < -0.39 is 6.04 Å². The summed E-state index contributed by atoms with van der Waals surface area (Å²) >= 11 is 12.4. The molecule has 3 rings (SSSR count). The van der Waals surface area contributed by atoms with Crippen LogP contribution in [0.2, 0.25) is 10.0 Å². The molecule has 1 N–H and O–H groups in total. The third-order valence-electron chi connectivity index (χ3n) is 5.55. The Bertz CT molecular complexity index is 912. The number of hydrogen-bond donors (Lipinski definition) is 1. The highest BCUT2D eigenvalue weighted by atomic mass is 35.5. The molecule has 0 fully saturated rings. The van der Waals surface area contributed by atoms with Crippen LogP contribution in [0.15, 0.2) is 29.5 Å². The Kier molecular flexibility index (Phi) is 7.49. The first-order valence-electron chi connectivity index (χ1n) is 10.6. The summed E-state index contributed by atoms with van der Waals surface area (Å²) in [6.07, 6.45) is 1.71. The number of carbonyl (C=O) groups is 3. The van der Waals surface area contributed by atoms with Crippen molar-refractivity contribution in [2.45, 2.75) is 39.7 Å². The molecule has 0 bridgehead atoms. The van der Waals surface area contributed by atoms with Crippen LogP contribution in [0.25, 0.3) is 0 Å². The fraction of sp³-hybridized carbons (Fsp3) is 0.500. The van der Waals surface area contributed by atoms with Crippen LogP contribution in [0.3, 0.4) is 0 Å². The third-order valence-corrected chi connectivity index (χ3v) is 6.11. The number of benzene rings is 1. The molecule has 0 saturated carbocycles. The van der Waals surface area contributed by atoms with Gasteiger partial charge in [-0.25, -0.2) is 4.79 Å². The molecule has 0 unspecified atom stereocenters. The van der Waals surface area contributed by atoms with Gasteiger partial charge in [-0.15, -0.1) is 0 Å². The van der Waals surface area contributed by atoms with Crippen molar-refractivity contribution in [2.24, 2.45) is 0 Å². The van der Waals surface area contributed by atoms with E-state index in [1.165, 1.54) is 4.90 Å². The Morgan fingerprint density at radius 2 is 1.84 bits per heavy atom. The number of likely N-dealkylation sites (N-methyl/N-ethyl adjacent to an activating group) is 1. The minimum Gasteiger partial charge on any atom is -0.341 e. The molecule has 0 radical (unpaired) electrons. The number of amides is 4. The second-order valence-electron chi connectivity index (χ2n) is 7.69. The summed E-state index contributed by atoms with van der Waals surface area (Å²) < 4.78 is 0. The summed E-state index contributed by atoms with van der Waals surface area (Å²) in [5, 5.41) is 3.73. The third kappa shape index (κ3) is 4.67. The van der Waals surface area contributed by atoms with Crippen LogP contribution in [-0.2, 0) is 9.59 Å². The minimum atomic E-state index is -0.690. The van der Waals surface area contributed by atoms with Crippen molar-refractivity contribution in [3.05, 3.63) is 45.1 Å². The molecule has 2 aliphatic rings. The molecule has 2 heterocycles.